The van der Waals surface area contributed by atoms with E-state index >= 15 is 0 Å². The van der Waals surface area contributed by atoms with Gasteiger partial charge in [-0.3, -0.25) is 0 Å². The Morgan fingerprint density at radius 2 is 1.68 bits per heavy atom. The fraction of sp³-hybridized carbons (Fsp3) is 0.375. The van der Waals surface area contributed by atoms with Crippen molar-refractivity contribution in [3.8, 4) is 0 Å². The van der Waals surface area contributed by atoms with Gasteiger partial charge < -0.3 is 4.74 Å². The molecule has 3 rings (SSSR count). The first-order valence-electron chi connectivity index (χ1n) is 6.66. The highest BCUT2D eigenvalue weighted by molar-refractivity contribution is 6.35. The molecule has 0 N–H and O–H groups in total. The van der Waals surface area contributed by atoms with Crippen molar-refractivity contribution in [1.29, 1.82) is 0 Å². The van der Waals surface area contributed by atoms with Gasteiger partial charge in [0.2, 0.25) is 0 Å². The van der Waals surface area contributed by atoms with Gasteiger partial charge in [0.25, 0.3) is 0 Å². The van der Waals surface area contributed by atoms with Crippen LogP contribution in [0.1, 0.15) is 23.8 Å². The number of ether oxygens (including phenoxy) is 1. The summed E-state index contributed by atoms with van der Waals surface area (Å²) in [6.45, 7) is 1.64. The second-order valence-electron chi connectivity index (χ2n) is 5.03. The quantitative estimate of drug-likeness (QED) is 0.692. The fourth-order valence-electron chi connectivity index (χ4n) is 2.79. The van der Waals surface area contributed by atoms with Gasteiger partial charge in [-0.25, -0.2) is 0 Å². The van der Waals surface area contributed by atoms with Crippen LogP contribution in [-0.4, -0.2) is 13.2 Å². The molecule has 0 saturated carbocycles. The van der Waals surface area contributed by atoms with E-state index in [4.69, 9.17) is 27.9 Å². The molecule has 2 aromatic rings. The van der Waals surface area contributed by atoms with Crippen molar-refractivity contribution in [2.75, 3.05) is 13.2 Å². The molecule has 0 radical (unpaired) electrons. The summed E-state index contributed by atoms with van der Waals surface area (Å²) < 4.78 is 5.41. The molecule has 0 spiro atoms. The second kappa shape index (κ2) is 5.70. The van der Waals surface area contributed by atoms with Crippen molar-refractivity contribution in [2.24, 2.45) is 5.92 Å². The molecular weight excluding hydrogens is 279 g/mol. The highest BCUT2D eigenvalue weighted by Crippen LogP contribution is 2.40. The van der Waals surface area contributed by atoms with Gasteiger partial charge in [0.05, 0.1) is 5.38 Å². The van der Waals surface area contributed by atoms with Crippen LogP contribution in [-0.2, 0) is 4.74 Å². The zero-order valence-electron chi connectivity index (χ0n) is 10.6. The standard InChI is InChI=1S/C16H16Cl2O/c17-15-6-5-14(12-3-1-2-4-13(12)15)16(18)11-7-9-19-10-8-11/h1-6,11,16H,7-10H2. The van der Waals surface area contributed by atoms with Crippen molar-refractivity contribution in [1.82, 2.24) is 0 Å². The molecule has 0 amide bonds. The molecule has 0 aliphatic carbocycles. The average molecular weight is 295 g/mol. The average Bonchev–Trinajstić information content (AvgIpc) is 2.48. The predicted octanol–water partition coefficient (Wildman–Crippen LogP) is 5.20. The lowest BCUT2D eigenvalue weighted by Gasteiger charge is -2.27. The molecule has 1 nitrogen and oxygen atoms in total. The van der Waals surface area contributed by atoms with Crippen LogP contribution in [0.2, 0.25) is 5.02 Å². The van der Waals surface area contributed by atoms with E-state index in [2.05, 4.69) is 18.2 Å². The molecule has 1 fully saturated rings. The smallest absolute Gasteiger partial charge is 0.0621 e. The summed E-state index contributed by atoms with van der Waals surface area (Å²) in [5.41, 5.74) is 1.19. The van der Waals surface area contributed by atoms with Crippen molar-refractivity contribution >= 4 is 34.0 Å². The lowest BCUT2D eigenvalue weighted by atomic mass is 9.89. The monoisotopic (exact) mass is 294 g/mol. The Kier molecular flexibility index (Phi) is 3.97. The SMILES string of the molecule is Clc1ccc(C(Cl)C2CCOCC2)c2ccccc12. The molecule has 1 aliphatic rings. The second-order valence-corrected chi connectivity index (χ2v) is 5.91. The maximum atomic E-state index is 6.72. The number of benzene rings is 2. The Morgan fingerprint density at radius 1 is 1.00 bits per heavy atom. The third-order valence-electron chi connectivity index (χ3n) is 3.88. The summed E-state index contributed by atoms with van der Waals surface area (Å²) in [5, 5.41) is 3.07. The topological polar surface area (TPSA) is 9.23 Å². The fourth-order valence-corrected chi connectivity index (χ4v) is 3.46. The van der Waals surface area contributed by atoms with Crippen molar-refractivity contribution in [3.63, 3.8) is 0 Å². The van der Waals surface area contributed by atoms with Gasteiger partial charge in [0, 0.05) is 23.6 Å². The zero-order valence-corrected chi connectivity index (χ0v) is 12.1. The normalized spacial score (nSPS) is 18.6. The van der Waals surface area contributed by atoms with Gasteiger partial charge in [-0.15, -0.1) is 11.6 Å². The summed E-state index contributed by atoms with van der Waals surface area (Å²) in [5.74, 6) is 0.486. The summed E-state index contributed by atoms with van der Waals surface area (Å²) in [4.78, 5) is 0. The van der Waals surface area contributed by atoms with Crippen LogP contribution in [0.15, 0.2) is 36.4 Å². The number of alkyl halides is 1. The van der Waals surface area contributed by atoms with Gasteiger partial charge in [0.15, 0.2) is 0 Å². The van der Waals surface area contributed by atoms with Gasteiger partial charge >= 0.3 is 0 Å². The van der Waals surface area contributed by atoms with E-state index in [9.17, 15) is 0 Å². The molecule has 1 heterocycles. The molecule has 3 heteroatoms. The maximum absolute atomic E-state index is 6.72. The van der Waals surface area contributed by atoms with Crippen LogP contribution in [0.25, 0.3) is 10.8 Å². The van der Waals surface area contributed by atoms with Crippen molar-refractivity contribution < 1.29 is 4.74 Å². The van der Waals surface area contributed by atoms with E-state index in [1.54, 1.807) is 0 Å². The minimum atomic E-state index is 0.0334. The van der Waals surface area contributed by atoms with Crippen molar-refractivity contribution in [2.45, 2.75) is 18.2 Å². The van der Waals surface area contributed by atoms with Crippen LogP contribution in [0.5, 0.6) is 0 Å². The molecule has 1 saturated heterocycles. The van der Waals surface area contributed by atoms with E-state index in [-0.39, 0.29) is 5.38 Å². The molecule has 19 heavy (non-hydrogen) atoms. The van der Waals surface area contributed by atoms with Gasteiger partial charge in [-0.1, -0.05) is 41.9 Å². The van der Waals surface area contributed by atoms with E-state index in [1.165, 1.54) is 10.9 Å². The van der Waals surface area contributed by atoms with Crippen LogP contribution in [0.4, 0.5) is 0 Å². The summed E-state index contributed by atoms with van der Waals surface area (Å²) in [7, 11) is 0. The van der Waals surface area contributed by atoms with E-state index < -0.39 is 0 Å². The predicted molar refractivity (Wildman–Crippen MR) is 81.1 cm³/mol. The molecule has 1 unspecified atom stereocenters. The Balaban J connectivity index is 2.02. The minimum Gasteiger partial charge on any atom is -0.381 e. The number of rotatable bonds is 2. The van der Waals surface area contributed by atoms with Crippen molar-refractivity contribution in [3.05, 3.63) is 47.0 Å². The highest BCUT2D eigenvalue weighted by atomic mass is 35.5. The van der Waals surface area contributed by atoms with Crippen LogP contribution >= 0.6 is 23.2 Å². The van der Waals surface area contributed by atoms with Gasteiger partial charge in [-0.2, -0.15) is 0 Å². The van der Waals surface area contributed by atoms with Crippen LogP contribution < -0.4 is 0 Å². The molecule has 100 valence electrons. The molecule has 2 aromatic carbocycles. The highest BCUT2D eigenvalue weighted by Gasteiger charge is 2.25. The zero-order chi connectivity index (χ0) is 13.2. The number of halogens is 2. The van der Waals surface area contributed by atoms with E-state index in [1.807, 2.05) is 18.2 Å². The molecule has 0 bridgehead atoms. The Bertz CT molecular complexity index is 576. The molecule has 1 atom stereocenters. The third-order valence-corrected chi connectivity index (χ3v) is 4.80. The molecule has 1 aliphatic heterocycles. The maximum Gasteiger partial charge on any atom is 0.0621 e. The Morgan fingerprint density at radius 3 is 2.42 bits per heavy atom. The lowest BCUT2D eigenvalue weighted by molar-refractivity contribution is 0.0652. The van der Waals surface area contributed by atoms with Crippen LogP contribution in [0, 0.1) is 5.92 Å². The van der Waals surface area contributed by atoms with E-state index in [0.717, 1.165) is 36.5 Å². The largest absolute Gasteiger partial charge is 0.381 e. The van der Waals surface area contributed by atoms with Gasteiger partial charge in [-0.05, 0) is 35.8 Å². The number of hydrogen-bond donors (Lipinski definition) is 0. The first-order valence-corrected chi connectivity index (χ1v) is 7.48. The Hall–Kier alpha value is -0.760. The molecule has 0 aromatic heterocycles. The summed E-state index contributed by atoms with van der Waals surface area (Å²) >= 11 is 13.0. The summed E-state index contributed by atoms with van der Waals surface area (Å²) in [6.07, 6.45) is 2.07. The third kappa shape index (κ3) is 2.60. The Labute approximate surface area is 123 Å². The summed E-state index contributed by atoms with van der Waals surface area (Å²) in [6, 6.07) is 12.2. The molecular formula is C16H16Cl2O. The lowest BCUT2D eigenvalue weighted by Crippen LogP contribution is -2.19. The minimum absolute atomic E-state index is 0.0334. The first-order chi connectivity index (χ1) is 9.27. The number of fused-ring (bicyclic) bond motifs is 1. The van der Waals surface area contributed by atoms with Gasteiger partial charge in [0.1, 0.15) is 0 Å². The number of hydrogen-bond acceptors (Lipinski definition) is 1. The van der Waals surface area contributed by atoms with Crippen LogP contribution in [0.3, 0.4) is 0 Å². The van der Waals surface area contributed by atoms with E-state index in [0.29, 0.717) is 5.92 Å². The first kappa shape index (κ1) is 13.2.